The third-order valence-corrected chi connectivity index (χ3v) is 4.68. The molecule has 0 radical (unpaired) electrons. The molecule has 0 saturated carbocycles. The lowest BCUT2D eigenvalue weighted by Crippen LogP contribution is -2.33. The molecule has 2 N–H and O–H groups in total. The highest BCUT2D eigenvalue weighted by Crippen LogP contribution is 2.20. The highest BCUT2D eigenvalue weighted by atomic mass is 16.5. The summed E-state index contributed by atoms with van der Waals surface area (Å²) in [5.41, 5.74) is 2.88. The van der Waals surface area contributed by atoms with E-state index in [-0.39, 0.29) is 18.2 Å². The van der Waals surface area contributed by atoms with Crippen molar-refractivity contribution in [2.45, 2.75) is 25.8 Å². The minimum atomic E-state index is -0.394. The van der Waals surface area contributed by atoms with E-state index < -0.39 is 6.04 Å². The average molecular weight is 406 g/mol. The van der Waals surface area contributed by atoms with Crippen molar-refractivity contribution in [2.75, 3.05) is 13.7 Å². The SMILES string of the molecule is COc1ccc(C(CC(=O)NCCc2cnn(-c3ccccc3)c2)NC(C)=O)cc1. The lowest BCUT2D eigenvalue weighted by Gasteiger charge is -2.18. The molecule has 2 amide bonds. The quantitative estimate of drug-likeness (QED) is 0.572. The summed E-state index contributed by atoms with van der Waals surface area (Å²) in [6.07, 6.45) is 4.59. The summed E-state index contributed by atoms with van der Waals surface area (Å²) in [5.74, 6) is 0.415. The Balaban J connectivity index is 1.53. The molecule has 0 spiro atoms. The zero-order valence-electron chi connectivity index (χ0n) is 17.2. The Hall–Kier alpha value is -3.61. The van der Waals surface area contributed by atoms with Crippen molar-refractivity contribution < 1.29 is 14.3 Å². The number of carbonyl (C=O) groups excluding carboxylic acids is 2. The first-order chi connectivity index (χ1) is 14.5. The topological polar surface area (TPSA) is 85.2 Å². The molecule has 3 rings (SSSR count). The predicted molar refractivity (Wildman–Crippen MR) is 114 cm³/mol. The summed E-state index contributed by atoms with van der Waals surface area (Å²) in [6.45, 7) is 1.94. The number of nitrogens with one attached hydrogen (secondary N) is 2. The molecule has 0 saturated heterocycles. The minimum absolute atomic E-state index is 0.125. The lowest BCUT2D eigenvalue weighted by molar-refractivity contribution is -0.122. The smallest absolute Gasteiger partial charge is 0.222 e. The molecular weight excluding hydrogens is 380 g/mol. The van der Waals surface area contributed by atoms with Gasteiger partial charge in [0.2, 0.25) is 11.8 Å². The van der Waals surface area contributed by atoms with Gasteiger partial charge in [0.05, 0.1) is 31.5 Å². The largest absolute Gasteiger partial charge is 0.497 e. The van der Waals surface area contributed by atoms with Gasteiger partial charge in [-0.15, -0.1) is 0 Å². The Kier molecular flexibility index (Phi) is 7.21. The van der Waals surface area contributed by atoms with E-state index >= 15 is 0 Å². The molecule has 3 aromatic rings. The van der Waals surface area contributed by atoms with Gasteiger partial charge in [-0.3, -0.25) is 9.59 Å². The number of methoxy groups -OCH3 is 1. The maximum Gasteiger partial charge on any atom is 0.222 e. The number of benzene rings is 2. The van der Waals surface area contributed by atoms with Crippen molar-refractivity contribution in [1.29, 1.82) is 0 Å². The van der Waals surface area contributed by atoms with Gasteiger partial charge in [0, 0.05) is 19.7 Å². The summed E-state index contributed by atoms with van der Waals surface area (Å²) < 4.78 is 6.98. The Morgan fingerprint density at radius 3 is 2.50 bits per heavy atom. The standard InChI is InChI=1S/C23H26N4O3/c1-17(28)26-22(19-8-10-21(30-2)11-9-19)14-23(29)24-13-12-18-15-25-27(16-18)20-6-4-3-5-7-20/h3-11,15-16,22H,12-14H2,1-2H3,(H,24,29)(H,26,28). The summed E-state index contributed by atoms with van der Waals surface area (Å²) in [4.78, 5) is 24.0. The molecule has 1 unspecified atom stereocenters. The number of ether oxygens (including phenoxy) is 1. The Morgan fingerprint density at radius 1 is 1.10 bits per heavy atom. The predicted octanol–water partition coefficient (Wildman–Crippen LogP) is 2.81. The Labute approximate surface area is 176 Å². The van der Waals surface area contributed by atoms with Crippen LogP contribution >= 0.6 is 0 Å². The molecule has 1 atom stereocenters. The van der Waals surface area contributed by atoms with Gasteiger partial charge in [0.1, 0.15) is 5.75 Å². The number of amides is 2. The minimum Gasteiger partial charge on any atom is -0.497 e. The molecule has 0 aliphatic carbocycles. The van der Waals surface area contributed by atoms with Gasteiger partial charge in [-0.25, -0.2) is 4.68 Å². The molecule has 30 heavy (non-hydrogen) atoms. The van der Waals surface area contributed by atoms with Crippen LogP contribution in [0.4, 0.5) is 0 Å². The van der Waals surface area contributed by atoms with Gasteiger partial charge < -0.3 is 15.4 Å². The maximum atomic E-state index is 12.4. The van der Waals surface area contributed by atoms with Crippen LogP contribution in [0, 0.1) is 0 Å². The van der Waals surface area contributed by atoms with Crippen LogP contribution in [0.3, 0.4) is 0 Å². The van der Waals surface area contributed by atoms with Crippen molar-refractivity contribution in [2.24, 2.45) is 0 Å². The fourth-order valence-corrected chi connectivity index (χ4v) is 3.15. The number of carbonyl (C=O) groups is 2. The normalized spacial score (nSPS) is 11.5. The highest BCUT2D eigenvalue weighted by Gasteiger charge is 2.17. The third kappa shape index (κ3) is 5.94. The molecule has 0 aliphatic heterocycles. The van der Waals surface area contributed by atoms with Gasteiger partial charge in [-0.05, 0) is 41.8 Å². The van der Waals surface area contributed by atoms with E-state index in [1.165, 1.54) is 6.92 Å². The second kappa shape index (κ2) is 10.2. The van der Waals surface area contributed by atoms with Crippen molar-refractivity contribution >= 4 is 11.8 Å². The van der Waals surface area contributed by atoms with Crippen LogP contribution in [0.1, 0.15) is 30.5 Å². The number of nitrogens with zero attached hydrogens (tertiary/aromatic N) is 2. The molecule has 0 fully saturated rings. The van der Waals surface area contributed by atoms with E-state index in [2.05, 4.69) is 15.7 Å². The second-order valence-corrected chi connectivity index (χ2v) is 6.96. The van der Waals surface area contributed by atoms with Crippen LogP contribution in [-0.2, 0) is 16.0 Å². The summed E-state index contributed by atoms with van der Waals surface area (Å²) in [5, 5.41) is 10.1. The van der Waals surface area contributed by atoms with Crippen molar-refractivity contribution in [3.63, 3.8) is 0 Å². The second-order valence-electron chi connectivity index (χ2n) is 6.96. The lowest BCUT2D eigenvalue weighted by atomic mass is 10.0. The summed E-state index contributed by atoms with van der Waals surface area (Å²) >= 11 is 0. The van der Waals surface area contributed by atoms with E-state index in [0.29, 0.717) is 13.0 Å². The first-order valence-electron chi connectivity index (χ1n) is 9.82. The summed E-state index contributed by atoms with van der Waals surface area (Å²) in [7, 11) is 1.59. The molecular formula is C23H26N4O3. The van der Waals surface area contributed by atoms with Crippen LogP contribution in [0.15, 0.2) is 67.0 Å². The molecule has 7 nitrogen and oxygen atoms in total. The van der Waals surface area contributed by atoms with Crippen LogP contribution in [0.25, 0.3) is 5.69 Å². The van der Waals surface area contributed by atoms with Gasteiger partial charge in [-0.1, -0.05) is 30.3 Å². The van der Waals surface area contributed by atoms with E-state index in [9.17, 15) is 9.59 Å². The van der Waals surface area contributed by atoms with Crippen molar-refractivity contribution in [3.8, 4) is 11.4 Å². The van der Waals surface area contributed by atoms with Gasteiger partial charge in [0.15, 0.2) is 0 Å². The fraction of sp³-hybridized carbons (Fsp3) is 0.261. The highest BCUT2D eigenvalue weighted by molar-refractivity contribution is 5.79. The van der Waals surface area contributed by atoms with E-state index in [1.807, 2.05) is 65.5 Å². The van der Waals surface area contributed by atoms with E-state index in [0.717, 1.165) is 22.6 Å². The zero-order valence-corrected chi connectivity index (χ0v) is 17.2. The number of hydrogen-bond donors (Lipinski definition) is 2. The number of hydrogen-bond acceptors (Lipinski definition) is 4. The van der Waals surface area contributed by atoms with Crippen molar-refractivity contribution in [1.82, 2.24) is 20.4 Å². The Morgan fingerprint density at radius 2 is 1.83 bits per heavy atom. The molecule has 2 aromatic carbocycles. The van der Waals surface area contributed by atoms with E-state index in [4.69, 9.17) is 4.74 Å². The van der Waals surface area contributed by atoms with Crippen LogP contribution in [-0.4, -0.2) is 35.2 Å². The van der Waals surface area contributed by atoms with E-state index in [1.54, 1.807) is 13.3 Å². The Bertz CT molecular complexity index is 968. The first-order valence-corrected chi connectivity index (χ1v) is 9.82. The third-order valence-electron chi connectivity index (χ3n) is 4.68. The average Bonchev–Trinajstić information content (AvgIpc) is 3.22. The van der Waals surface area contributed by atoms with Gasteiger partial charge >= 0.3 is 0 Å². The zero-order chi connectivity index (χ0) is 21.3. The first kappa shape index (κ1) is 21.1. The molecule has 7 heteroatoms. The van der Waals surface area contributed by atoms with Gasteiger partial charge in [0.25, 0.3) is 0 Å². The number of rotatable bonds is 9. The maximum absolute atomic E-state index is 12.4. The summed E-state index contributed by atoms with van der Waals surface area (Å²) in [6, 6.07) is 16.8. The van der Waals surface area contributed by atoms with Crippen LogP contribution in [0.5, 0.6) is 5.75 Å². The number of para-hydroxylation sites is 1. The molecule has 0 aliphatic rings. The van der Waals surface area contributed by atoms with Gasteiger partial charge in [-0.2, -0.15) is 5.10 Å². The monoisotopic (exact) mass is 406 g/mol. The fourth-order valence-electron chi connectivity index (χ4n) is 3.15. The molecule has 1 aromatic heterocycles. The van der Waals surface area contributed by atoms with Crippen LogP contribution < -0.4 is 15.4 Å². The molecule has 156 valence electrons. The van der Waals surface area contributed by atoms with Crippen molar-refractivity contribution in [3.05, 3.63) is 78.1 Å². The molecule has 1 heterocycles. The van der Waals surface area contributed by atoms with Crippen LogP contribution in [0.2, 0.25) is 0 Å². The number of aromatic nitrogens is 2. The molecule has 0 bridgehead atoms.